The summed E-state index contributed by atoms with van der Waals surface area (Å²) in [4.78, 5) is 6.64. The molecule has 4 aromatic carbocycles. The third-order valence-electron chi connectivity index (χ3n) is 14.7. The molecule has 390 valence electrons. The Balaban J connectivity index is 0.000000137. The maximum atomic E-state index is 6.71. The van der Waals surface area contributed by atoms with Crippen LogP contribution in [0.3, 0.4) is 0 Å². The van der Waals surface area contributed by atoms with Gasteiger partial charge in [0.1, 0.15) is 25.0 Å². The molecular weight excluding hydrogens is 1760 g/mol. The van der Waals surface area contributed by atoms with Gasteiger partial charge in [0, 0.05) is 39.9 Å². The minimum absolute atomic E-state index is 0.167. The number of hydrogen-bond donors (Lipinski definition) is 0. The van der Waals surface area contributed by atoms with Crippen molar-refractivity contribution in [3.63, 3.8) is 0 Å². The van der Waals surface area contributed by atoms with Gasteiger partial charge in [0.25, 0.3) is 0 Å². The fourth-order valence-corrected chi connectivity index (χ4v) is 38.8. The number of halogens is 8. The van der Waals surface area contributed by atoms with Crippen molar-refractivity contribution >= 4 is 335 Å². The fourth-order valence-electron chi connectivity index (χ4n) is 11.1. The van der Waals surface area contributed by atoms with Crippen molar-refractivity contribution in [1.82, 2.24) is 0 Å². The van der Waals surface area contributed by atoms with E-state index in [0.29, 0.717) is 10.5 Å². The molecule has 20 heteroatoms. The zero-order valence-electron chi connectivity index (χ0n) is 41.1. The summed E-state index contributed by atoms with van der Waals surface area (Å²) >= 11 is 43.1. The van der Waals surface area contributed by atoms with Crippen LogP contribution in [-0.2, 0) is 0 Å². The van der Waals surface area contributed by atoms with E-state index in [4.69, 9.17) is 13.3 Å². The van der Waals surface area contributed by atoms with Gasteiger partial charge in [-0.1, -0.05) is 35.1 Å². The zero-order valence-corrected chi connectivity index (χ0v) is 63.1. The molecule has 78 heavy (non-hydrogen) atoms. The molecule has 9 aromatic heterocycles. The van der Waals surface area contributed by atoms with Gasteiger partial charge in [-0.3, -0.25) is 0 Å². The number of benzene rings is 4. The van der Waals surface area contributed by atoms with Crippen LogP contribution in [0.15, 0.2) is 122 Å². The molecule has 12 heterocycles. The van der Waals surface area contributed by atoms with Crippen LogP contribution in [0.25, 0.3) is 116 Å². The van der Waals surface area contributed by atoms with Gasteiger partial charge in [-0.2, -0.15) is 0 Å². The summed E-state index contributed by atoms with van der Waals surface area (Å²) in [7, 11) is -2.10. The molecule has 0 saturated carbocycles. The molecule has 0 saturated heterocycles. The number of fused-ring (bicyclic) bond motifs is 14. The van der Waals surface area contributed by atoms with Gasteiger partial charge < -0.3 is 8.83 Å². The molecule has 2 unspecified atom stereocenters. The summed E-state index contributed by atoms with van der Waals surface area (Å²) in [5.41, 5.74) is 9.81. The van der Waals surface area contributed by atoms with E-state index in [1.807, 2.05) is 68.9 Å². The van der Waals surface area contributed by atoms with E-state index in [1.165, 1.54) is 128 Å². The van der Waals surface area contributed by atoms with Crippen LogP contribution in [0.1, 0.15) is 38.4 Å². The van der Waals surface area contributed by atoms with Gasteiger partial charge in [-0.15, -0.1) is 57.5 Å². The Bertz CT molecular complexity index is 4820. The molecule has 0 spiro atoms. The van der Waals surface area contributed by atoms with E-state index in [0.717, 1.165) is 61.4 Å². The zero-order chi connectivity index (χ0) is 53.9. The van der Waals surface area contributed by atoms with E-state index in [1.54, 1.807) is 0 Å². The summed E-state index contributed by atoms with van der Waals surface area (Å²) in [6.45, 7) is 13.5. The second-order valence-electron chi connectivity index (χ2n) is 20.2. The first-order chi connectivity index (χ1) is 37.3. The Labute approximate surface area is 551 Å². The topological polar surface area (TPSA) is 39.4 Å². The van der Waals surface area contributed by atoms with Crippen molar-refractivity contribution in [3.8, 4) is 20.0 Å². The van der Waals surface area contributed by atoms with Crippen LogP contribution in [0.4, 0.5) is 0 Å². The monoisotopic (exact) mass is 1790 g/mol. The average molecular weight is 1790 g/mol. The first kappa shape index (κ1) is 54.2. The molecule has 0 amide bonds. The Hall–Kier alpha value is -0.424. The summed E-state index contributed by atoms with van der Waals surface area (Å²) < 4.78 is 41.2. The number of furan rings is 3. The Morgan fingerprint density at radius 1 is 0.538 bits per heavy atom. The number of hydrogen-bond acceptors (Lipinski definition) is 9. The molecule has 0 aliphatic carbocycles. The number of rotatable bonds is 4. The maximum absolute atomic E-state index is 6.71. The standard InChI is InChI=1S/C30H18Br4O2S5Si.C28H14Br4OSSe2/c1-9-5-15-24(37-9)19(33)27(39-15)26-17(31)21-23(41-26)11-7-14-12(8-13(11)35-21)29-22(36-14)18(32)30(42(29,3)4)28-20(34)25-16(40-28)6-10(2)38-25;1-11-3-5-13(17(29)7-11)25-21(31)23-27(35-25)15-10-20-16(9-19(15)33-23)28-24(34-20)22(32)26(36-28)14-6-4-12(2)8-18(14)30/h5-8,15,24H,1-4H3;3-10H,1-2H3. The third kappa shape index (κ3) is 8.26. The van der Waals surface area contributed by atoms with Crippen molar-refractivity contribution in [2.24, 2.45) is 0 Å². The van der Waals surface area contributed by atoms with Gasteiger partial charge >= 0.3 is 260 Å². The van der Waals surface area contributed by atoms with Crippen LogP contribution >= 0.6 is 196 Å². The van der Waals surface area contributed by atoms with Crippen LogP contribution in [-0.4, -0.2) is 47.6 Å². The molecule has 0 fully saturated rings. The first-order valence-electron chi connectivity index (χ1n) is 24.2. The molecular formula is C58H32Br8O3S6Se2Si. The van der Waals surface area contributed by atoms with E-state index in [2.05, 4.69) is 241 Å². The molecule has 0 N–H and O–H groups in total. The van der Waals surface area contributed by atoms with Crippen molar-refractivity contribution in [2.45, 2.75) is 51.3 Å². The predicted octanol–water partition coefficient (Wildman–Crippen LogP) is 24.5. The number of aryl methyl sites for hydroxylation is 3. The molecule has 3 aliphatic heterocycles. The second kappa shape index (κ2) is 19.8. The second-order valence-corrected chi connectivity index (χ2v) is 42.2. The van der Waals surface area contributed by atoms with Crippen molar-refractivity contribution < 1.29 is 13.3 Å². The molecule has 2 atom stereocenters. The van der Waals surface area contributed by atoms with Gasteiger partial charge in [-0.05, 0) is 95.1 Å². The summed E-state index contributed by atoms with van der Waals surface area (Å²) in [5.74, 6) is 0.984. The molecule has 13 aromatic rings. The number of thioether (sulfide) groups is 2. The molecule has 0 bridgehead atoms. The molecule has 0 radical (unpaired) electrons. The van der Waals surface area contributed by atoms with Crippen molar-refractivity contribution in [2.75, 3.05) is 0 Å². The van der Waals surface area contributed by atoms with Crippen LogP contribution < -0.4 is 5.19 Å². The average Bonchev–Trinajstić information content (AvgIpc) is 3.94. The summed E-state index contributed by atoms with van der Waals surface area (Å²) in [6, 6.07) is 24.6. The van der Waals surface area contributed by atoms with E-state index in [9.17, 15) is 0 Å². The van der Waals surface area contributed by atoms with Gasteiger partial charge in [0.05, 0.1) is 33.0 Å². The van der Waals surface area contributed by atoms with E-state index in [-0.39, 0.29) is 29.0 Å². The molecule has 3 aliphatic rings. The van der Waals surface area contributed by atoms with Crippen molar-refractivity contribution in [3.05, 3.63) is 141 Å². The summed E-state index contributed by atoms with van der Waals surface area (Å²) in [5, 5.41) is 8.58. The Morgan fingerprint density at radius 3 is 1.90 bits per heavy atom. The third-order valence-corrected chi connectivity index (χ3v) is 40.8. The quantitative estimate of drug-likeness (QED) is 0.164. The minimum atomic E-state index is -2.10. The molecule has 16 rings (SSSR count). The SMILES string of the molecule is CC1=CC2SC(c3sc4c(oc5cc6c7c(oc6cc54)C(Br)=C(c4sc5cc(C)sc5c4Br)[Si]7(C)C)c3Br)=C(Br)C2S1.Cc1ccc(-c2[se]c3c(oc4cc5c(cc43)sc3c(Br)c(-c4ccc(C)cc4Br)[se]c35)c2Br)c(Br)c1. The first-order valence-corrected chi connectivity index (χ1v) is 42.0. The van der Waals surface area contributed by atoms with Gasteiger partial charge in [0.2, 0.25) is 0 Å². The summed E-state index contributed by atoms with van der Waals surface area (Å²) in [6.07, 6.45) is 2.39. The predicted molar refractivity (Wildman–Crippen MR) is 378 cm³/mol. The van der Waals surface area contributed by atoms with Gasteiger partial charge in [0.15, 0.2) is 5.58 Å². The van der Waals surface area contributed by atoms with Crippen molar-refractivity contribution in [1.29, 1.82) is 0 Å². The van der Waals surface area contributed by atoms with Gasteiger partial charge in [-0.25, -0.2) is 0 Å². The Kier molecular flexibility index (Phi) is 13.8. The Morgan fingerprint density at radius 2 is 1.19 bits per heavy atom. The van der Waals surface area contributed by atoms with Crippen LogP contribution in [0, 0.1) is 20.8 Å². The number of allylic oxidation sites excluding steroid dienone is 1. The fraction of sp³-hybridized carbons (Fsp3) is 0.138. The van der Waals surface area contributed by atoms with Crippen LogP contribution in [0.5, 0.6) is 0 Å². The normalized spacial score (nSPS) is 17.3. The van der Waals surface area contributed by atoms with E-state index >= 15 is 0 Å². The number of thiophene rings is 4. The van der Waals surface area contributed by atoms with Crippen LogP contribution in [0.2, 0.25) is 13.1 Å². The molecule has 3 nitrogen and oxygen atoms in total. The van der Waals surface area contributed by atoms with E-state index < -0.39 is 8.07 Å².